The van der Waals surface area contributed by atoms with Crippen molar-refractivity contribution in [1.29, 1.82) is 0 Å². The van der Waals surface area contributed by atoms with Gasteiger partial charge in [-0.3, -0.25) is 5.32 Å². The van der Waals surface area contributed by atoms with Crippen molar-refractivity contribution >= 4 is 17.7 Å². The molecule has 39 heavy (non-hydrogen) atoms. The third-order valence-corrected chi connectivity index (χ3v) is 6.79. The van der Waals surface area contributed by atoms with Crippen molar-refractivity contribution in [3.05, 3.63) is 118 Å². The van der Waals surface area contributed by atoms with E-state index in [2.05, 4.69) is 15.1 Å². The maximum atomic E-state index is 12.8. The Kier molecular flexibility index (Phi) is 7.37. The first kappa shape index (κ1) is 25.7. The number of rotatable bonds is 7. The van der Waals surface area contributed by atoms with Gasteiger partial charge in [-0.15, -0.1) is 0 Å². The van der Waals surface area contributed by atoms with Gasteiger partial charge >= 0.3 is 12.1 Å². The Morgan fingerprint density at radius 1 is 0.974 bits per heavy atom. The lowest BCUT2D eigenvalue weighted by molar-refractivity contribution is 0.0518. The molecule has 1 aromatic heterocycles. The van der Waals surface area contributed by atoms with Gasteiger partial charge in [-0.05, 0) is 64.9 Å². The van der Waals surface area contributed by atoms with Gasteiger partial charge in [-0.2, -0.15) is 0 Å². The fourth-order valence-electron chi connectivity index (χ4n) is 4.96. The number of fused-ring (bicyclic) bond motifs is 3. The minimum atomic E-state index is -0.544. The number of aromatic nitrogens is 1. The van der Waals surface area contributed by atoms with Crippen LogP contribution in [-0.2, 0) is 29.0 Å². The molecule has 0 fully saturated rings. The molecule has 0 saturated carbocycles. The van der Waals surface area contributed by atoms with Gasteiger partial charge in [-0.1, -0.05) is 54.6 Å². The average Bonchev–Trinajstić information content (AvgIpc) is 3.32. The number of hydrogen-bond donors (Lipinski definition) is 1. The van der Waals surface area contributed by atoms with Gasteiger partial charge in [-0.25, -0.2) is 21.1 Å². The predicted octanol–water partition coefficient (Wildman–Crippen LogP) is 6.97. The molecule has 1 aliphatic rings. The maximum absolute atomic E-state index is 12.8. The summed E-state index contributed by atoms with van der Waals surface area (Å²) < 4.78 is 10.7. The van der Waals surface area contributed by atoms with Crippen molar-refractivity contribution in [2.45, 2.75) is 33.4 Å². The Hall–Kier alpha value is -4.96. The average molecular weight is 518 g/mol. The van der Waals surface area contributed by atoms with E-state index in [9.17, 15) is 9.59 Å². The fraction of sp³-hybridized carbons (Fsp3) is 0.188. The zero-order valence-electron chi connectivity index (χ0n) is 21.8. The third kappa shape index (κ3) is 5.23. The summed E-state index contributed by atoms with van der Waals surface area (Å²) in [6.07, 6.45) is 1.68. The first-order chi connectivity index (χ1) is 19.0. The Morgan fingerprint density at radius 3 is 2.56 bits per heavy atom. The Morgan fingerprint density at radius 2 is 1.79 bits per heavy atom. The van der Waals surface area contributed by atoms with Crippen molar-refractivity contribution in [2.24, 2.45) is 0 Å². The van der Waals surface area contributed by atoms with Crippen LogP contribution in [0.1, 0.15) is 45.2 Å². The lowest BCUT2D eigenvalue weighted by Crippen LogP contribution is -2.14. The molecule has 4 aromatic rings. The summed E-state index contributed by atoms with van der Waals surface area (Å²) in [6.45, 7) is 11.7. The van der Waals surface area contributed by atoms with Gasteiger partial charge < -0.3 is 14.3 Å². The van der Waals surface area contributed by atoms with E-state index in [1.54, 1.807) is 13.1 Å². The number of hydrogen-bond acceptors (Lipinski definition) is 5. The van der Waals surface area contributed by atoms with Crippen LogP contribution in [0.5, 0.6) is 0 Å². The summed E-state index contributed by atoms with van der Waals surface area (Å²) in [6, 6.07) is 21.2. The molecule has 1 aliphatic carbocycles. The van der Waals surface area contributed by atoms with E-state index < -0.39 is 12.1 Å². The van der Waals surface area contributed by atoms with Crippen LogP contribution in [0.25, 0.3) is 27.1 Å². The van der Waals surface area contributed by atoms with Gasteiger partial charge in [0.2, 0.25) is 6.54 Å². The maximum Gasteiger partial charge on any atom is 0.411 e. The molecule has 7 heteroatoms. The second-order valence-electron chi connectivity index (χ2n) is 9.24. The largest absolute Gasteiger partial charge is 0.461 e. The molecule has 0 saturated heterocycles. The van der Waals surface area contributed by atoms with Crippen molar-refractivity contribution in [3.63, 3.8) is 0 Å². The predicted molar refractivity (Wildman–Crippen MR) is 149 cm³/mol. The summed E-state index contributed by atoms with van der Waals surface area (Å²) >= 11 is 0. The minimum absolute atomic E-state index is 0.171. The Bertz CT molecular complexity index is 1610. The molecule has 0 bridgehead atoms. The number of carbonyl (C=O) groups excluding carboxylic acids is 2. The van der Waals surface area contributed by atoms with Gasteiger partial charge in [0.15, 0.2) is 5.69 Å². The molecule has 194 valence electrons. The molecule has 0 atom stereocenters. The number of pyridine rings is 1. The second-order valence-corrected chi connectivity index (χ2v) is 9.24. The van der Waals surface area contributed by atoms with E-state index >= 15 is 0 Å². The number of anilines is 1. The first-order valence-corrected chi connectivity index (χ1v) is 12.7. The topological polar surface area (TPSA) is 81.9 Å². The molecular weight excluding hydrogens is 490 g/mol. The van der Waals surface area contributed by atoms with Crippen LogP contribution in [-0.4, -0.2) is 23.7 Å². The molecule has 1 N–H and O–H groups in total. The minimum Gasteiger partial charge on any atom is -0.461 e. The van der Waals surface area contributed by atoms with E-state index in [1.807, 2.05) is 73.7 Å². The van der Waals surface area contributed by atoms with Crippen LogP contribution in [0.2, 0.25) is 0 Å². The monoisotopic (exact) mass is 517 g/mol. The van der Waals surface area contributed by atoms with Crippen LogP contribution in [0.3, 0.4) is 0 Å². The van der Waals surface area contributed by atoms with Crippen molar-refractivity contribution in [3.8, 4) is 22.3 Å². The van der Waals surface area contributed by atoms with E-state index in [-0.39, 0.29) is 13.2 Å². The molecule has 0 unspecified atom stereocenters. The summed E-state index contributed by atoms with van der Waals surface area (Å²) in [5, 5.41) is 2.86. The van der Waals surface area contributed by atoms with Crippen LogP contribution in [0.4, 0.5) is 10.5 Å². The number of benzene rings is 3. The highest BCUT2D eigenvalue weighted by Crippen LogP contribution is 2.45. The Labute approximate surface area is 227 Å². The molecule has 1 heterocycles. The summed E-state index contributed by atoms with van der Waals surface area (Å²) in [5.74, 6) is -0.456. The third-order valence-electron chi connectivity index (χ3n) is 6.79. The number of carbonyl (C=O) groups is 2. The zero-order chi connectivity index (χ0) is 27.4. The highest BCUT2D eigenvalue weighted by atomic mass is 16.5. The molecule has 0 spiro atoms. The smallest absolute Gasteiger partial charge is 0.411 e. The normalized spacial score (nSPS) is 11.2. The van der Waals surface area contributed by atoms with Gasteiger partial charge in [0.1, 0.15) is 6.61 Å². The van der Waals surface area contributed by atoms with E-state index in [0.29, 0.717) is 24.3 Å². The molecule has 0 radical (unpaired) electrons. The SMILES string of the molecule is [C-]#[N+]Cc1ccc2c(c1)Cc1c(C(=O)OCC)ncc(-c3cccc(NC(=O)OCc4ccccc4)c3C)c1-2. The summed E-state index contributed by atoms with van der Waals surface area (Å²) in [5.41, 5.74) is 9.12. The molecule has 5 rings (SSSR count). The zero-order valence-corrected chi connectivity index (χ0v) is 21.8. The van der Waals surface area contributed by atoms with E-state index in [1.165, 1.54) is 0 Å². The number of nitrogens with zero attached hydrogens (tertiary/aromatic N) is 2. The number of amides is 1. The van der Waals surface area contributed by atoms with Crippen LogP contribution >= 0.6 is 0 Å². The molecule has 3 aromatic carbocycles. The molecule has 1 amide bonds. The number of nitrogens with one attached hydrogen (secondary N) is 1. The highest BCUT2D eigenvalue weighted by molar-refractivity contribution is 5.99. The highest BCUT2D eigenvalue weighted by Gasteiger charge is 2.30. The van der Waals surface area contributed by atoms with Gasteiger partial charge in [0.05, 0.1) is 6.61 Å². The quantitative estimate of drug-likeness (QED) is 0.186. The van der Waals surface area contributed by atoms with Gasteiger partial charge in [0, 0.05) is 29.4 Å². The van der Waals surface area contributed by atoms with Gasteiger partial charge in [0.25, 0.3) is 0 Å². The van der Waals surface area contributed by atoms with Crippen molar-refractivity contribution in [2.75, 3.05) is 11.9 Å². The van der Waals surface area contributed by atoms with E-state index in [0.717, 1.165) is 50.1 Å². The van der Waals surface area contributed by atoms with Crippen LogP contribution in [0, 0.1) is 13.5 Å². The first-order valence-electron chi connectivity index (χ1n) is 12.7. The van der Waals surface area contributed by atoms with E-state index in [4.69, 9.17) is 16.0 Å². The standard InChI is InChI=1S/C32H27N3O4/c1-4-38-31(36)30-26-16-23-15-22(17-33-3)13-14-25(23)29(26)27(18-34-30)24-11-8-12-28(20(24)2)35-32(37)39-19-21-9-6-5-7-10-21/h5-15,18H,4,16-17,19H2,1-2H3,(H,35,37). The van der Waals surface area contributed by atoms with Crippen LogP contribution in [0.15, 0.2) is 72.9 Å². The fourth-order valence-corrected chi connectivity index (χ4v) is 4.96. The Balaban J connectivity index is 1.52. The summed E-state index contributed by atoms with van der Waals surface area (Å²) in [7, 11) is 0. The molecule has 7 nitrogen and oxygen atoms in total. The molecular formula is C32H27N3O4. The summed E-state index contributed by atoms with van der Waals surface area (Å²) in [4.78, 5) is 33.4. The van der Waals surface area contributed by atoms with Crippen molar-refractivity contribution < 1.29 is 19.1 Å². The lowest BCUT2D eigenvalue weighted by atomic mass is 9.92. The number of esters is 1. The van der Waals surface area contributed by atoms with Crippen molar-refractivity contribution in [1.82, 2.24) is 4.98 Å². The van der Waals surface area contributed by atoms with Crippen LogP contribution < -0.4 is 5.32 Å². The number of ether oxygens (including phenoxy) is 2. The lowest BCUT2D eigenvalue weighted by Gasteiger charge is -2.17. The second kappa shape index (κ2) is 11.2. The molecule has 0 aliphatic heterocycles.